The molecule has 0 heterocycles. The van der Waals surface area contributed by atoms with Crippen LogP contribution in [0.1, 0.15) is 63.9 Å². The van der Waals surface area contributed by atoms with Crippen LogP contribution in [0.2, 0.25) is 0 Å². The molecule has 5 rings (SSSR count). The van der Waals surface area contributed by atoms with Gasteiger partial charge >= 0.3 is 37.7 Å². The monoisotopic (exact) mass is 756 g/mol. The second-order valence-electron chi connectivity index (χ2n) is 8.29. The quantitative estimate of drug-likeness (QED) is 0.306. The molecule has 3 aromatic carbocycles. The SMILES string of the molecule is Brc1cc[c-]cc1.Brc1ccc(Br)cc1.O=C1CCC1.OC1(c2ccc(Br)cc2)CCC1.[CH2-]CCC.[Li+].[Li+]. The van der Waals surface area contributed by atoms with E-state index in [4.69, 9.17) is 0 Å². The van der Waals surface area contributed by atoms with Crippen LogP contribution in [0.5, 0.6) is 0 Å². The molecule has 2 nitrogen and oxygen atoms in total. The average Bonchev–Trinajstić information content (AvgIpc) is 2.85. The second kappa shape index (κ2) is 24.0. The minimum Gasteiger partial charge on any atom is -0.385 e. The van der Waals surface area contributed by atoms with Crippen molar-refractivity contribution >= 4 is 69.5 Å². The van der Waals surface area contributed by atoms with Crippen LogP contribution in [0.3, 0.4) is 0 Å². The molecule has 2 aliphatic carbocycles. The standard InChI is InChI=1S/C10H11BrO.C6H4Br2.C6H4Br.C4H6O.C4H9.2Li/c11-9-4-2-8(3-5-9)10(12)6-1-7-10;7-5-1-2-6(8)4-3-5;7-6-4-2-1-3-5-6;5-4-2-1-3-4;1-3-4-2;;/h2-5,12H,1,6-7H2;1-4H;2-5H;1-3H2;1,3-4H2,2H3;;/q;;-1;;-1;2*+1. The summed E-state index contributed by atoms with van der Waals surface area (Å²) < 4.78 is 4.39. The Balaban J connectivity index is 0. The van der Waals surface area contributed by atoms with Crippen molar-refractivity contribution in [2.45, 2.75) is 63.9 Å². The molecule has 2 aliphatic rings. The number of rotatable bonds is 2. The molecule has 0 aliphatic heterocycles. The van der Waals surface area contributed by atoms with Crippen LogP contribution in [0, 0.1) is 13.0 Å². The van der Waals surface area contributed by atoms with Crippen LogP contribution in [0.4, 0.5) is 0 Å². The number of Topliss-reactive ketones (excluding diaryl/α,β-unsaturated/α-hetero) is 1. The van der Waals surface area contributed by atoms with Gasteiger partial charge in [0.1, 0.15) is 5.78 Å². The van der Waals surface area contributed by atoms with E-state index in [9.17, 15) is 9.90 Å². The summed E-state index contributed by atoms with van der Waals surface area (Å²) in [5.74, 6) is 0.435. The Morgan fingerprint density at radius 2 is 1.11 bits per heavy atom. The van der Waals surface area contributed by atoms with Gasteiger partial charge in [-0.1, -0.05) is 93.7 Å². The number of hydrogen-bond donors (Lipinski definition) is 1. The molecule has 0 unspecified atom stereocenters. The van der Waals surface area contributed by atoms with Gasteiger partial charge in [-0.15, -0.1) is 0 Å². The molecule has 0 bridgehead atoms. The van der Waals surface area contributed by atoms with Gasteiger partial charge in [0.25, 0.3) is 0 Å². The van der Waals surface area contributed by atoms with Crippen molar-refractivity contribution in [3.05, 3.63) is 109 Å². The zero-order valence-corrected chi connectivity index (χ0v) is 29.0. The van der Waals surface area contributed by atoms with E-state index in [-0.39, 0.29) is 37.7 Å². The first-order valence-electron chi connectivity index (χ1n) is 12.0. The molecule has 3 aromatic rings. The Labute approximate surface area is 287 Å². The van der Waals surface area contributed by atoms with Crippen LogP contribution in [-0.2, 0) is 10.4 Å². The Morgan fingerprint density at radius 1 is 0.763 bits per heavy atom. The number of benzene rings is 3. The fourth-order valence-electron chi connectivity index (χ4n) is 2.68. The van der Waals surface area contributed by atoms with Gasteiger partial charge < -0.3 is 12.0 Å². The Hall–Kier alpha value is 0.405. The number of aliphatic hydroxyl groups is 1. The maximum absolute atomic E-state index is 9.96. The van der Waals surface area contributed by atoms with Gasteiger partial charge in [-0.2, -0.15) is 36.8 Å². The van der Waals surface area contributed by atoms with E-state index < -0.39 is 5.60 Å². The van der Waals surface area contributed by atoms with Crippen LogP contribution < -0.4 is 37.7 Å². The van der Waals surface area contributed by atoms with E-state index in [0.717, 1.165) is 68.4 Å². The number of carbonyl (C=O) groups excluding carboxylic acids is 1. The fourth-order valence-corrected chi connectivity index (χ4v) is 3.74. The first-order chi connectivity index (χ1) is 17.2. The van der Waals surface area contributed by atoms with E-state index >= 15 is 0 Å². The van der Waals surface area contributed by atoms with Crippen molar-refractivity contribution in [1.29, 1.82) is 0 Å². The number of ketones is 1. The Bertz CT molecular complexity index is 952. The van der Waals surface area contributed by atoms with Crippen molar-refractivity contribution in [1.82, 2.24) is 0 Å². The summed E-state index contributed by atoms with van der Waals surface area (Å²) in [6.45, 7) is 5.72. The van der Waals surface area contributed by atoms with Crippen molar-refractivity contribution in [2.24, 2.45) is 0 Å². The first kappa shape index (κ1) is 40.5. The molecule has 0 amide bonds. The summed E-state index contributed by atoms with van der Waals surface area (Å²) >= 11 is 13.3. The maximum atomic E-state index is 9.96. The summed E-state index contributed by atoms with van der Waals surface area (Å²) in [5, 5.41) is 9.96. The van der Waals surface area contributed by atoms with Crippen LogP contribution in [0.15, 0.2) is 90.7 Å². The number of unbranched alkanes of at least 4 members (excludes halogenated alkanes) is 1. The van der Waals surface area contributed by atoms with E-state index in [1.54, 1.807) is 0 Å². The van der Waals surface area contributed by atoms with Crippen LogP contribution >= 0.6 is 63.7 Å². The van der Waals surface area contributed by atoms with Gasteiger partial charge in [-0.25, -0.2) is 0 Å². The molecule has 0 atom stereocenters. The molecule has 196 valence electrons. The molecule has 2 saturated carbocycles. The van der Waals surface area contributed by atoms with Crippen molar-refractivity contribution < 1.29 is 47.6 Å². The molecule has 0 saturated heterocycles. The van der Waals surface area contributed by atoms with Gasteiger partial charge in [-0.3, -0.25) is 4.79 Å². The molecular formula is C30H34Br4Li2O2. The number of halogens is 4. The van der Waals surface area contributed by atoms with Crippen LogP contribution in [0.25, 0.3) is 0 Å². The summed E-state index contributed by atoms with van der Waals surface area (Å²) in [7, 11) is 0. The van der Waals surface area contributed by atoms with Gasteiger partial charge in [0, 0.05) is 26.3 Å². The zero-order valence-electron chi connectivity index (χ0n) is 22.7. The van der Waals surface area contributed by atoms with Crippen molar-refractivity contribution in [2.75, 3.05) is 0 Å². The smallest absolute Gasteiger partial charge is 0.385 e. The summed E-state index contributed by atoms with van der Waals surface area (Å²) in [4.78, 5) is 9.90. The van der Waals surface area contributed by atoms with E-state index in [1.165, 1.54) is 6.42 Å². The summed E-state index contributed by atoms with van der Waals surface area (Å²) in [5.41, 5.74) is 0.540. The Kier molecular flexibility index (Phi) is 25.7. The fraction of sp³-hybridized carbons (Fsp3) is 0.333. The summed E-state index contributed by atoms with van der Waals surface area (Å²) in [6, 6.07) is 26.4. The van der Waals surface area contributed by atoms with Gasteiger partial charge in [0.2, 0.25) is 0 Å². The third-order valence-electron chi connectivity index (χ3n) is 5.31. The number of carbonyl (C=O) groups is 1. The van der Waals surface area contributed by atoms with Gasteiger partial charge in [0.05, 0.1) is 5.60 Å². The van der Waals surface area contributed by atoms with E-state index in [2.05, 4.69) is 83.6 Å². The van der Waals surface area contributed by atoms with Gasteiger partial charge in [0.15, 0.2) is 0 Å². The second-order valence-corrected chi connectivity index (χ2v) is 12.0. The Morgan fingerprint density at radius 3 is 1.32 bits per heavy atom. The average molecular weight is 760 g/mol. The third-order valence-corrected chi connectivity index (χ3v) is 7.42. The van der Waals surface area contributed by atoms with Crippen molar-refractivity contribution in [3.8, 4) is 0 Å². The zero-order chi connectivity index (χ0) is 26.8. The van der Waals surface area contributed by atoms with E-state index in [0.29, 0.717) is 5.78 Å². The van der Waals surface area contributed by atoms with Crippen molar-refractivity contribution in [3.63, 3.8) is 0 Å². The van der Waals surface area contributed by atoms with Gasteiger partial charge in [-0.05, 0) is 67.6 Å². The molecule has 38 heavy (non-hydrogen) atoms. The minimum absolute atomic E-state index is 0. The minimum atomic E-state index is -0.513. The maximum Gasteiger partial charge on any atom is 1.00 e. The molecule has 0 spiro atoms. The third kappa shape index (κ3) is 18.7. The normalized spacial score (nSPS) is 13.6. The molecular weight excluding hydrogens is 726 g/mol. The van der Waals surface area contributed by atoms with E-state index in [1.807, 2.05) is 72.8 Å². The molecule has 0 radical (unpaired) electrons. The molecule has 0 aromatic heterocycles. The largest absolute Gasteiger partial charge is 1.00 e. The topological polar surface area (TPSA) is 37.3 Å². The molecule has 2 fully saturated rings. The summed E-state index contributed by atoms with van der Waals surface area (Å²) in [6.07, 6.45) is 8.08. The number of hydrogen-bond acceptors (Lipinski definition) is 2. The molecule has 8 heteroatoms. The predicted octanol–water partition coefficient (Wildman–Crippen LogP) is 4.65. The predicted molar refractivity (Wildman–Crippen MR) is 166 cm³/mol. The molecule has 1 N–H and O–H groups in total. The van der Waals surface area contributed by atoms with Crippen LogP contribution in [-0.4, -0.2) is 10.9 Å². The first-order valence-corrected chi connectivity index (χ1v) is 15.2.